The number of nitrogens with zero attached hydrogens (tertiary/aromatic N) is 3. The summed E-state index contributed by atoms with van der Waals surface area (Å²) in [6, 6.07) is 8.12. The monoisotopic (exact) mass is 405 g/mol. The highest BCUT2D eigenvalue weighted by atomic mass is 32.1. The molecule has 0 unspecified atom stereocenters. The number of esters is 1. The molecule has 0 amide bonds. The average molecular weight is 405 g/mol. The highest BCUT2D eigenvalue weighted by Gasteiger charge is 2.11. The fourth-order valence-corrected chi connectivity index (χ4v) is 3.17. The van der Waals surface area contributed by atoms with E-state index in [1.807, 2.05) is 0 Å². The van der Waals surface area contributed by atoms with Gasteiger partial charge in [0, 0.05) is 19.6 Å². The third-order valence-electron chi connectivity index (χ3n) is 3.66. The zero-order valence-corrected chi connectivity index (χ0v) is 16.2. The molecular formula is C18H19N3O6S. The van der Waals surface area contributed by atoms with Crippen molar-refractivity contribution in [2.45, 2.75) is 13.0 Å². The van der Waals surface area contributed by atoms with Crippen molar-refractivity contribution in [1.82, 2.24) is 14.6 Å². The van der Waals surface area contributed by atoms with E-state index >= 15 is 0 Å². The Kier molecular flexibility index (Phi) is 6.56. The van der Waals surface area contributed by atoms with E-state index in [9.17, 15) is 9.59 Å². The SMILES string of the molecule is COCCc1nn2c(=O)cc(COC(=O)COc3ccc(OC)cc3)nc2s1. The highest BCUT2D eigenvalue weighted by Crippen LogP contribution is 2.17. The first kappa shape index (κ1) is 19.8. The second kappa shape index (κ2) is 9.29. The number of carbonyl (C=O) groups excluding carboxylic acids is 1. The predicted octanol–water partition coefficient (Wildman–Crippen LogP) is 1.47. The maximum Gasteiger partial charge on any atom is 0.344 e. The number of methoxy groups -OCH3 is 2. The highest BCUT2D eigenvalue weighted by molar-refractivity contribution is 7.16. The van der Waals surface area contributed by atoms with Crippen LogP contribution in [0.1, 0.15) is 10.7 Å². The van der Waals surface area contributed by atoms with Crippen molar-refractivity contribution in [2.24, 2.45) is 0 Å². The van der Waals surface area contributed by atoms with Gasteiger partial charge in [-0.2, -0.15) is 9.61 Å². The third kappa shape index (κ3) is 5.05. The molecule has 0 aliphatic carbocycles. The lowest BCUT2D eigenvalue weighted by Gasteiger charge is -2.07. The molecule has 28 heavy (non-hydrogen) atoms. The Bertz CT molecular complexity index is 999. The summed E-state index contributed by atoms with van der Waals surface area (Å²) < 4.78 is 21.8. The standard InChI is InChI=1S/C18H19N3O6S/c1-24-8-7-15-20-21-16(22)9-12(19-18(21)28-15)10-27-17(23)11-26-14-5-3-13(25-2)4-6-14/h3-6,9H,7-8,10-11H2,1-2H3. The number of hydrogen-bond acceptors (Lipinski definition) is 9. The number of ether oxygens (including phenoxy) is 4. The number of carbonyl (C=O) groups is 1. The van der Waals surface area contributed by atoms with Gasteiger partial charge in [-0.1, -0.05) is 11.3 Å². The van der Waals surface area contributed by atoms with Crippen molar-refractivity contribution in [3.05, 3.63) is 51.4 Å². The summed E-state index contributed by atoms with van der Waals surface area (Å²) in [5.74, 6) is 0.641. The second-order valence-corrected chi connectivity index (χ2v) is 6.68. The second-order valence-electron chi connectivity index (χ2n) is 5.64. The maximum absolute atomic E-state index is 12.2. The lowest BCUT2D eigenvalue weighted by molar-refractivity contribution is -0.147. The fourth-order valence-electron chi connectivity index (χ4n) is 2.27. The van der Waals surface area contributed by atoms with Crippen molar-refractivity contribution in [2.75, 3.05) is 27.4 Å². The molecule has 0 aliphatic heterocycles. The summed E-state index contributed by atoms with van der Waals surface area (Å²) in [6.07, 6.45) is 0.594. The zero-order valence-electron chi connectivity index (χ0n) is 15.4. The Morgan fingerprint density at radius 3 is 2.64 bits per heavy atom. The molecule has 0 radical (unpaired) electrons. The molecule has 10 heteroatoms. The molecule has 1 aromatic carbocycles. The van der Waals surface area contributed by atoms with Crippen LogP contribution in [-0.2, 0) is 27.3 Å². The van der Waals surface area contributed by atoms with Crippen molar-refractivity contribution < 1.29 is 23.7 Å². The van der Waals surface area contributed by atoms with Gasteiger partial charge >= 0.3 is 5.97 Å². The number of benzene rings is 1. The van der Waals surface area contributed by atoms with Gasteiger partial charge in [-0.15, -0.1) is 0 Å². The van der Waals surface area contributed by atoms with Gasteiger partial charge in [-0.3, -0.25) is 4.79 Å². The van der Waals surface area contributed by atoms with Crippen LogP contribution in [0.3, 0.4) is 0 Å². The molecule has 0 spiro atoms. The predicted molar refractivity (Wildman–Crippen MR) is 101 cm³/mol. The molecule has 0 N–H and O–H groups in total. The molecule has 0 saturated carbocycles. The molecule has 3 aromatic rings. The van der Waals surface area contributed by atoms with Crippen LogP contribution in [0.4, 0.5) is 0 Å². The minimum atomic E-state index is -0.567. The van der Waals surface area contributed by atoms with Crippen molar-refractivity contribution in [3.8, 4) is 11.5 Å². The molecule has 0 bridgehead atoms. The third-order valence-corrected chi connectivity index (χ3v) is 4.63. The van der Waals surface area contributed by atoms with Crippen LogP contribution in [0.2, 0.25) is 0 Å². The summed E-state index contributed by atoms with van der Waals surface area (Å²) in [5, 5.41) is 4.95. The van der Waals surface area contributed by atoms with E-state index in [-0.39, 0.29) is 18.8 Å². The largest absolute Gasteiger partial charge is 0.497 e. The first-order chi connectivity index (χ1) is 13.6. The molecule has 0 atom stereocenters. The molecule has 3 rings (SSSR count). The van der Waals surface area contributed by atoms with Gasteiger partial charge in [0.25, 0.3) is 5.56 Å². The van der Waals surface area contributed by atoms with Crippen LogP contribution in [0.5, 0.6) is 11.5 Å². The molecule has 148 valence electrons. The van der Waals surface area contributed by atoms with Crippen LogP contribution < -0.4 is 15.0 Å². The van der Waals surface area contributed by atoms with Crippen LogP contribution in [0, 0.1) is 0 Å². The first-order valence-corrected chi connectivity index (χ1v) is 9.21. The van der Waals surface area contributed by atoms with E-state index in [1.165, 1.54) is 21.9 Å². The molecular weight excluding hydrogens is 386 g/mol. The maximum atomic E-state index is 12.2. The van der Waals surface area contributed by atoms with Gasteiger partial charge in [-0.25, -0.2) is 9.78 Å². The summed E-state index contributed by atoms with van der Waals surface area (Å²) in [4.78, 5) is 28.8. The van der Waals surface area contributed by atoms with Crippen molar-refractivity contribution in [1.29, 1.82) is 0 Å². The molecule has 2 heterocycles. The summed E-state index contributed by atoms with van der Waals surface area (Å²) in [5.41, 5.74) is 0.0233. The molecule has 0 saturated heterocycles. The van der Waals surface area contributed by atoms with Crippen LogP contribution >= 0.6 is 11.3 Å². The lowest BCUT2D eigenvalue weighted by Crippen LogP contribution is -2.18. The normalized spacial score (nSPS) is 10.8. The Balaban J connectivity index is 1.56. The Labute approximate surface area is 164 Å². The number of fused-ring (bicyclic) bond motifs is 1. The van der Waals surface area contributed by atoms with Gasteiger partial charge in [0.1, 0.15) is 23.1 Å². The average Bonchev–Trinajstić information content (AvgIpc) is 3.13. The van der Waals surface area contributed by atoms with Crippen LogP contribution in [0.15, 0.2) is 35.1 Å². The molecule has 9 nitrogen and oxygen atoms in total. The lowest BCUT2D eigenvalue weighted by atomic mass is 10.3. The van der Waals surface area contributed by atoms with Gasteiger partial charge in [-0.05, 0) is 24.3 Å². The summed E-state index contributed by atoms with van der Waals surface area (Å²) in [7, 11) is 3.17. The van der Waals surface area contributed by atoms with E-state index in [0.29, 0.717) is 35.2 Å². The van der Waals surface area contributed by atoms with E-state index in [4.69, 9.17) is 18.9 Å². The van der Waals surface area contributed by atoms with Crippen LogP contribution in [0.25, 0.3) is 4.96 Å². The number of hydrogen-bond donors (Lipinski definition) is 0. The van der Waals surface area contributed by atoms with Gasteiger partial charge in [0.15, 0.2) is 6.61 Å². The number of rotatable bonds is 9. The minimum Gasteiger partial charge on any atom is -0.497 e. The Morgan fingerprint density at radius 1 is 1.18 bits per heavy atom. The van der Waals surface area contributed by atoms with E-state index < -0.39 is 5.97 Å². The summed E-state index contributed by atoms with van der Waals surface area (Å²) in [6.45, 7) is 0.129. The molecule has 0 aliphatic rings. The van der Waals surface area contributed by atoms with E-state index in [2.05, 4.69) is 10.1 Å². The Morgan fingerprint density at radius 2 is 1.93 bits per heavy atom. The van der Waals surface area contributed by atoms with E-state index in [1.54, 1.807) is 38.5 Å². The smallest absolute Gasteiger partial charge is 0.344 e. The van der Waals surface area contributed by atoms with Gasteiger partial charge in [0.2, 0.25) is 4.96 Å². The topological polar surface area (TPSA) is 101 Å². The van der Waals surface area contributed by atoms with E-state index in [0.717, 1.165) is 5.01 Å². The molecule has 2 aromatic heterocycles. The van der Waals surface area contributed by atoms with Crippen LogP contribution in [-0.4, -0.2) is 48.0 Å². The number of aromatic nitrogens is 3. The molecule has 0 fully saturated rings. The van der Waals surface area contributed by atoms with Gasteiger partial charge in [0.05, 0.1) is 19.4 Å². The first-order valence-electron chi connectivity index (χ1n) is 8.39. The van der Waals surface area contributed by atoms with Gasteiger partial charge < -0.3 is 18.9 Å². The summed E-state index contributed by atoms with van der Waals surface area (Å²) >= 11 is 1.30. The van der Waals surface area contributed by atoms with Crippen molar-refractivity contribution in [3.63, 3.8) is 0 Å². The zero-order chi connectivity index (χ0) is 19.9. The van der Waals surface area contributed by atoms with Crippen molar-refractivity contribution >= 4 is 22.3 Å². The fraction of sp³-hybridized carbons (Fsp3) is 0.333. The Hall–Kier alpha value is -2.98. The quantitative estimate of drug-likeness (QED) is 0.493. The minimum absolute atomic E-state index is 0.123.